The summed E-state index contributed by atoms with van der Waals surface area (Å²) in [6.45, 7) is 1.79. The third-order valence-corrected chi connectivity index (χ3v) is 3.61. The molecular weight excluding hydrogens is 321 g/mol. The maximum absolute atomic E-state index is 12.1. The van der Waals surface area contributed by atoms with Crippen molar-refractivity contribution in [2.75, 3.05) is 11.1 Å². The number of nitrogen functional groups attached to an aromatic ring is 1. The highest BCUT2D eigenvalue weighted by atomic mass is 35.5. The number of aryl methyl sites for hydroxylation is 1. The molecule has 20 heavy (non-hydrogen) atoms. The Balaban J connectivity index is 2.30. The van der Waals surface area contributed by atoms with Gasteiger partial charge in [0.1, 0.15) is 0 Å². The normalized spacial score (nSPS) is 10.4. The third kappa shape index (κ3) is 3.15. The van der Waals surface area contributed by atoms with E-state index >= 15 is 0 Å². The molecule has 1 heterocycles. The van der Waals surface area contributed by atoms with Crippen molar-refractivity contribution in [3.8, 4) is 0 Å². The van der Waals surface area contributed by atoms with Gasteiger partial charge in [0.15, 0.2) is 0 Å². The molecule has 0 aliphatic carbocycles. The molecule has 2 aromatic rings. The molecule has 0 spiro atoms. The van der Waals surface area contributed by atoms with E-state index in [4.69, 9.17) is 40.5 Å². The standard InChI is InChI=1S/C13H10Cl3N3O/c1-6-2-11(17)7(5-18-6)13(20)19-12-4-9(15)8(14)3-10(12)16/h2-5H,1H3,(H2,17,18)(H,19,20). The summed E-state index contributed by atoms with van der Waals surface area (Å²) >= 11 is 17.7. The van der Waals surface area contributed by atoms with Gasteiger partial charge in [0, 0.05) is 17.6 Å². The number of pyridine rings is 1. The second kappa shape index (κ2) is 5.87. The van der Waals surface area contributed by atoms with Gasteiger partial charge in [0.25, 0.3) is 5.91 Å². The number of nitrogens with one attached hydrogen (secondary N) is 1. The smallest absolute Gasteiger partial charge is 0.259 e. The maximum atomic E-state index is 12.1. The van der Waals surface area contributed by atoms with Crippen LogP contribution in [0, 0.1) is 6.92 Å². The van der Waals surface area contributed by atoms with Gasteiger partial charge in [-0.1, -0.05) is 34.8 Å². The molecule has 7 heteroatoms. The second-order valence-corrected chi connectivity index (χ2v) is 5.33. The highest BCUT2D eigenvalue weighted by molar-refractivity contribution is 6.44. The van der Waals surface area contributed by atoms with Crippen LogP contribution in [0.5, 0.6) is 0 Å². The fraction of sp³-hybridized carbons (Fsp3) is 0.0769. The van der Waals surface area contributed by atoms with Crippen LogP contribution >= 0.6 is 34.8 Å². The molecule has 0 fully saturated rings. The highest BCUT2D eigenvalue weighted by Gasteiger charge is 2.13. The van der Waals surface area contributed by atoms with E-state index in [-0.39, 0.29) is 10.6 Å². The Morgan fingerprint density at radius 2 is 1.80 bits per heavy atom. The number of rotatable bonds is 2. The van der Waals surface area contributed by atoms with Gasteiger partial charge in [-0.3, -0.25) is 9.78 Å². The van der Waals surface area contributed by atoms with Crippen molar-refractivity contribution in [2.24, 2.45) is 0 Å². The van der Waals surface area contributed by atoms with Crippen LogP contribution in [0.25, 0.3) is 0 Å². The summed E-state index contributed by atoms with van der Waals surface area (Å²) < 4.78 is 0. The average Bonchev–Trinajstić information content (AvgIpc) is 2.35. The summed E-state index contributed by atoms with van der Waals surface area (Å²) in [7, 11) is 0. The van der Waals surface area contributed by atoms with Crippen molar-refractivity contribution in [1.82, 2.24) is 4.98 Å². The number of carbonyl (C=O) groups is 1. The fourth-order valence-corrected chi connectivity index (χ4v) is 2.17. The SMILES string of the molecule is Cc1cc(N)c(C(=O)Nc2cc(Cl)c(Cl)cc2Cl)cn1. The fourth-order valence-electron chi connectivity index (χ4n) is 1.58. The van der Waals surface area contributed by atoms with E-state index in [0.29, 0.717) is 21.4 Å². The van der Waals surface area contributed by atoms with E-state index < -0.39 is 5.91 Å². The predicted octanol–water partition coefficient (Wildman–Crippen LogP) is 4.18. The lowest BCUT2D eigenvalue weighted by atomic mass is 10.2. The monoisotopic (exact) mass is 329 g/mol. The van der Waals surface area contributed by atoms with E-state index in [9.17, 15) is 4.79 Å². The minimum atomic E-state index is -0.421. The van der Waals surface area contributed by atoms with Gasteiger partial charge >= 0.3 is 0 Å². The van der Waals surface area contributed by atoms with Crippen LogP contribution in [0.15, 0.2) is 24.4 Å². The van der Waals surface area contributed by atoms with Crippen LogP contribution in [0.1, 0.15) is 16.1 Å². The first-order valence-electron chi connectivity index (χ1n) is 5.56. The first-order valence-corrected chi connectivity index (χ1v) is 6.70. The Hall–Kier alpha value is -1.49. The Bertz CT molecular complexity index is 689. The third-order valence-electron chi connectivity index (χ3n) is 2.58. The molecule has 0 radical (unpaired) electrons. The molecule has 1 aromatic carbocycles. The van der Waals surface area contributed by atoms with Gasteiger partial charge in [0.2, 0.25) is 0 Å². The van der Waals surface area contributed by atoms with Gasteiger partial charge in [-0.25, -0.2) is 0 Å². The van der Waals surface area contributed by atoms with E-state index in [1.807, 2.05) is 0 Å². The van der Waals surface area contributed by atoms with Crippen molar-refractivity contribution in [3.63, 3.8) is 0 Å². The number of carbonyl (C=O) groups excluding carboxylic acids is 1. The summed E-state index contributed by atoms with van der Waals surface area (Å²) in [5.41, 5.74) is 7.47. The summed E-state index contributed by atoms with van der Waals surface area (Å²) in [5.74, 6) is -0.421. The highest BCUT2D eigenvalue weighted by Crippen LogP contribution is 2.32. The first kappa shape index (κ1) is 14.9. The molecular formula is C13H10Cl3N3O. The number of hydrogen-bond acceptors (Lipinski definition) is 3. The summed E-state index contributed by atoms with van der Waals surface area (Å²) in [4.78, 5) is 16.2. The van der Waals surface area contributed by atoms with E-state index in [1.54, 1.807) is 13.0 Å². The van der Waals surface area contributed by atoms with Crippen LogP contribution in [0.4, 0.5) is 11.4 Å². The Kier molecular flexibility index (Phi) is 4.38. The Morgan fingerprint density at radius 1 is 1.15 bits per heavy atom. The molecule has 104 valence electrons. The quantitative estimate of drug-likeness (QED) is 0.811. The molecule has 0 atom stereocenters. The van der Waals surface area contributed by atoms with Gasteiger partial charge in [0.05, 0.1) is 26.3 Å². The first-order chi connectivity index (χ1) is 9.38. The van der Waals surface area contributed by atoms with Crippen LogP contribution in [-0.2, 0) is 0 Å². The topological polar surface area (TPSA) is 68.0 Å². The summed E-state index contributed by atoms with van der Waals surface area (Å²) in [5, 5.41) is 3.51. The molecule has 0 saturated heterocycles. The Morgan fingerprint density at radius 3 is 2.45 bits per heavy atom. The van der Waals surface area contributed by atoms with Crippen molar-refractivity contribution in [3.05, 3.63) is 50.7 Å². The largest absolute Gasteiger partial charge is 0.398 e. The molecule has 0 bridgehead atoms. The zero-order valence-electron chi connectivity index (χ0n) is 10.4. The molecule has 0 saturated carbocycles. The van der Waals surface area contributed by atoms with E-state index in [2.05, 4.69) is 10.3 Å². The number of anilines is 2. The maximum Gasteiger partial charge on any atom is 0.259 e. The molecule has 0 aliphatic heterocycles. The molecule has 2 rings (SSSR count). The van der Waals surface area contributed by atoms with Crippen LogP contribution in [0.3, 0.4) is 0 Å². The number of benzene rings is 1. The number of nitrogens with two attached hydrogens (primary N) is 1. The number of amides is 1. The number of nitrogens with zero attached hydrogens (tertiary/aromatic N) is 1. The summed E-state index contributed by atoms with van der Waals surface area (Å²) in [6, 6.07) is 4.55. The molecule has 0 aliphatic rings. The Labute approximate surface area is 130 Å². The van der Waals surface area contributed by atoms with Gasteiger partial charge in [-0.2, -0.15) is 0 Å². The van der Waals surface area contributed by atoms with Crippen molar-refractivity contribution < 1.29 is 4.79 Å². The molecule has 0 unspecified atom stereocenters. The molecule has 1 aromatic heterocycles. The van der Waals surface area contributed by atoms with E-state index in [0.717, 1.165) is 5.69 Å². The lowest BCUT2D eigenvalue weighted by Crippen LogP contribution is -2.15. The van der Waals surface area contributed by atoms with Gasteiger partial charge in [-0.05, 0) is 25.1 Å². The van der Waals surface area contributed by atoms with Crippen LogP contribution < -0.4 is 11.1 Å². The zero-order valence-corrected chi connectivity index (χ0v) is 12.6. The molecule has 4 nitrogen and oxygen atoms in total. The number of aromatic nitrogens is 1. The second-order valence-electron chi connectivity index (χ2n) is 4.11. The average molecular weight is 331 g/mol. The zero-order chi connectivity index (χ0) is 14.9. The van der Waals surface area contributed by atoms with Crippen molar-refractivity contribution in [1.29, 1.82) is 0 Å². The van der Waals surface area contributed by atoms with Gasteiger partial charge < -0.3 is 11.1 Å². The lowest BCUT2D eigenvalue weighted by Gasteiger charge is -2.10. The van der Waals surface area contributed by atoms with Crippen LogP contribution in [-0.4, -0.2) is 10.9 Å². The van der Waals surface area contributed by atoms with Crippen molar-refractivity contribution >= 4 is 52.1 Å². The number of halogens is 3. The van der Waals surface area contributed by atoms with Gasteiger partial charge in [-0.15, -0.1) is 0 Å². The van der Waals surface area contributed by atoms with Crippen molar-refractivity contribution in [2.45, 2.75) is 6.92 Å². The lowest BCUT2D eigenvalue weighted by molar-refractivity contribution is 0.102. The van der Waals surface area contributed by atoms with Crippen LogP contribution in [0.2, 0.25) is 15.1 Å². The molecule has 1 amide bonds. The minimum Gasteiger partial charge on any atom is -0.398 e. The summed E-state index contributed by atoms with van der Waals surface area (Å²) in [6.07, 6.45) is 1.41. The van der Waals surface area contributed by atoms with E-state index in [1.165, 1.54) is 18.3 Å². The number of hydrogen-bond donors (Lipinski definition) is 2. The molecule has 3 N–H and O–H groups in total. The predicted molar refractivity (Wildman–Crippen MR) is 82.8 cm³/mol. The minimum absolute atomic E-state index is 0.262.